The second-order valence-electron chi connectivity index (χ2n) is 12.7. The van der Waals surface area contributed by atoms with Crippen molar-refractivity contribution < 1.29 is 52.8 Å². The van der Waals surface area contributed by atoms with Gasteiger partial charge in [-0.3, -0.25) is 19.2 Å². The van der Waals surface area contributed by atoms with Gasteiger partial charge < -0.3 is 28.8 Å². The van der Waals surface area contributed by atoms with Gasteiger partial charge in [-0.15, -0.1) is 0 Å². The van der Waals surface area contributed by atoms with Crippen LogP contribution in [0.1, 0.15) is 78.1 Å². The van der Waals surface area contributed by atoms with Crippen LogP contribution in [0.3, 0.4) is 0 Å². The first-order valence-corrected chi connectivity index (χ1v) is 14.1. The highest BCUT2D eigenvalue weighted by Crippen LogP contribution is 2.75. The predicted molar refractivity (Wildman–Crippen MR) is 146 cm³/mol. The number of fused-ring (bicyclic) bond motifs is 1. The maximum atomic E-state index is 13.7. The normalized spacial score (nSPS) is 36.1. The molecule has 0 aliphatic heterocycles. The van der Waals surface area contributed by atoms with Crippen LogP contribution in [0.15, 0.2) is 30.3 Å². The number of ether oxygens (including phenoxy) is 5. The van der Waals surface area contributed by atoms with Crippen LogP contribution < -0.4 is 0 Å². The van der Waals surface area contributed by atoms with E-state index in [4.69, 9.17) is 23.7 Å². The zero-order valence-electron chi connectivity index (χ0n) is 25.1. The molecule has 0 aromatic heterocycles. The number of carbonyl (C=O) groups excluding carboxylic acids is 5. The third kappa shape index (κ3) is 4.95. The molecule has 3 saturated carbocycles. The van der Waals surface area contributed by atoms with E-state index in [0.29, 0.717) is 0 Å². The van der Waals surface area contributed by atoms with Crippen LogP contribution in [-0.2, 0) is 42.9 Å². The minimum absolute atomic E-state index is 0.0969. The van der Waals surface area contributed by atoms with Gasteiger partial charge in [0.25, 0.3) is 0 Å². The fourth-order valence-corrected chi connectivity index (χ4v) is 8.30. The molecule has 11 heteroatoms. The van der Waals surface area contributed by atoms with Gasteiger partial charge in [0.05, 0.1) is 22.0 Å². The van der Waals surface area contributed by atoms with Gasteiger partial charge in [0.2, 0.25) is 0 Å². The standard InChI is InChI=1S/C31H40O11/c1-17(32)38-16-30-22(39-18(2)33)13-14-29(7,37)31(30)15-28(5,6)23(25(31)41-20(4)35)24(40-19(3)34)26(30)42-27(36)21-11-9-8-10-12-21/h8-12,22-26,37H,13-16H2,1-7H3/t22-,23+,24+,25+,26+,29-,30-,31+/m0/s1. The van der Waals surface area contributed by atoms with Crippen molar-refractivity contribution in [3.05, 3.63) is 35.9 Å². The molecule has 8 atom stereocenters. The first-order chi connectivity index (χ1) is 19.5. The largest absolute Gasteiger partial charge is 0.465 e. The predicted octanol–water partition coefficient (Wildman–Crippen LogP) is 3.15. The summed E-state index contributed by atoms with van der Waals surface area (Å²) in [5.41, 5.74) is -5.37. The highest BCUT2D eigenvalue weighted by Gasteiger charge is 2.85. The minimum Gasteiger partial charge on any atom is -0.465 e. The Bertz CT molecular complexity index is 1250. The maximum Gasteiger partial charge on any atom is 0.338 e. The summed E-state index contributed by atoms with van der Waals surface area (Å²) < 4.78 is 29.8. The SMILES string of the molecule is CC(=O)OC[C@@]12[C@@H](OC(C)=O)CC[C@](C)(O)[C@]13CC(C)(C)[C@H]([C@@H](OC(C)=O)[C@H]2OC(=O)c1ccccc1)[C@H]3OC(C)=O. The Hall–Kier alpha value is -3.47. The summed E-state index contributed by atoms with van der Waals surface area (Å²) in [4.78, 5) is 64.0. The van der Waals surface area contributed by atoms with E-state index in [1.165, 1.54) is 27.7 Å². The third-order valence-corrected chi connectivity index (χ3v) is 9.53. The van der Waals surface area contributed by atoms with Crippen molar-refractivity contribution in [3.63, 3.8) is 0 Å². The maximum absolute atomic E-state index is 13.7. The van der Waals surface area contributed by atoms with E-state index < -0.39 is 88.6 Å². The monoisotopic (exact) mass is 588 g/mol. The van der Waals surface area contributed by atoms with E-state index in [9.17, 15) is 29.1 Å². The van der Waals surface area contributed by atoms with E-state index in [0.717, 1.165) is 0 Å². The minimum atomic E-state index is -1.71. The molecular weight excluding hydrogens is 548 g/mol. The van der Waals surface area contributed by atoms with Crippen LogP contribution in [-0.4, -0.2) is 71.6 Å². The van der Waals surface area contributed by atoms with Crippen molar-refractivity contribution in [1.82, 2.24) is 0 Å². The average molecular weight is 589 g/mol. The Kier molecular flexibility index (Phi) is 8.23. The fraction of sp³-hybridized carbons (Fsp3) is 0.645. The van der Waals surface area contributed by atoms with Crippen LogP contribution >= 0.6 is 0 Å². The van der Waals surface area contributed by atoms with Crippen molar-refractivity contribution in [1.29, 1.82) is 0 Å². The molecule has 1 spiro atoms. The first kappa shape index (κ1) is 31.5. The second-order valence-corrected chi connectivity index (χ2v) is 12.7. The zero-order chi connectivity index (χ0) is 31.3. The molecule has 42 heavy (non-hydrogen) atoms. The molecule has 0 heterocycles. The zero-order valence-corrected chi connectivity index (χ0v) is 25.1. The summed E-state index contributed by atoms with van der Waals surface area (Å²) in [7, 11) is 0. The lowest BCUT2D eigenvalue weighted by Crippen LogP contribution is -2.79. The van der Waals surface area contributed by atoms with Crippen molar-refractivity contribution in [2.24, 2.45) is 22.2 Å². The molecule has 1 aromatic carbocycles. The highest BCUT2D eigenvalue weighted by atomic mass is 16.6. The second kappa shape index (κ2) is 11.0. The molecule has 1 aromatic rings. The summed E-state index contributed by atoms with van der Waals surface area (Å²) in [6, 6.07) is 8.17. The Balaban J connectivity index is 2.10. The molecule has 0 unspecified atom stereocenters. The summed E-state index contributed by atoms with van der Waals surface area (Å²) in [6.07, 6.45) is -4.40. The summed E-state index contributed by atoms with van der Waals surface area (Å²) in [6.45, 7) is 9.78. The lowest BCUT2D eigenvalue weighted by atomic mass is 9.42. The molecule has 230 valence electrons. The molecular formula is C31H40O11. The van der Waals surface area contributed by atoms with Crippen molar-refractivity contribution >= 4 is 29.8 Å². The van der Waals surface area contributed by atoms with Gasteiger partial charge in [-0.2, -0.15) is 0 Å². The molecule has 4 rings (SSSR count). The number of rotatable bonds is 7. The Morgan fingerprint density at radius 2 is 1.40 bits per heavy atom. The number of hydrogen-bond donors (Lipinski definition) is 1. The van der Waals surface area contributed by atoms with E-state index in [1.54, 1.807) is 37.3 Å². The van der Waals surface area contributed by atoms with Gasteiger partial charge in [0, 0.05) is 33.6 Å². The average Bonchev–Trinajstić information content (AvgIpc) is 3.07. The number of hydrogen-bond acceptors (Lipinski definition) is 11. The van der Waals surface area contributed by atoms with Crippen LogP contribution in [0, 0.1) is 22.2 Å². The summed E-state index contributed by atoms with van der Waals surface area (Å²) in [5, 5.41) is 12.4. The Morgan fingerprint density at radius 1 is 0.810 bits per heavy atom. The lowest BCUT2D eigenvalue weighted by molar-refractivity contribution is -0.329. The molecule has 3 fully saturated rings. The molecule has 1 N–H and O–H groups in total. The van der Waals surface area contributed by atoms with E-state index in [2.05, 4.69) is 0 Å². The topological polar surface area (TPSA) is 152 Å². The van der Waals surface area contributed by atoms with Crippen molar-refractivity contribution in [2.45, 2.75) is 97.7 Å². The smallest absolute Gasteiger partial charge is 0.338 e. The molecule has 3 aliphatic rings. The molecule has 0 radical (unpaired) electrons. The Morgan fingerprint density at radius 3 is 1.95 bits per heavy atom. The van der Waals surface area contributed by atoms with Crippen molar-refractivity contribution in [2.75, 3.05) is 6.61 Å². The third-order valence-electron chi connectivity index (χ3n) is 9.53. The molecule has 0 saturated heterocycles. The van der Waals surface area contributed by atoms with Gasteiger partial charge in [-0.05, 0) is 43.7 Å². The van der Waals surface area contributed by atoms with Gasteiger partial charge in [-0.25, -0.2) is 4.79 Å². The number of aliphatic hydroxyl groups is 1. The summed E-state index contributed by atoms with van der Waals surface area (Å²) in [5.74, 6) is -4.18. The lowest BCUT2D eigenvalue weighted by Gasteiger charge is -2.67. The summed E-state index contributed by atoms with van der Waals surface area (Å²) >= 11 is 0. The quantitative estimate of drug-likeness (QED) is 0.369. The van der Waals surface area contributed by atoms with E-state index in [-0.39, 0.29) is 24.8 Å². The highest BCUT2D eigenvalue weighted by molar-refractivity contribution is 5.89. The van der Waals surface area contributed by atoms with Gasteiger partial charge in [0.15, 0.2) is 6.10 Å². The molecule has 3 aliphatic carbocycles. The Labute approximate surface area is 245 Å². The molecule has 0 amide bonds. The van der Waals surface area contributed by atoms with Crippen LogP contribution in [0.2, 0.25) is 0 Å². The van der Waals surface area contributed by atoms with Crippen LogP contribution in [0.5, 0.6) is 0 Å². The first-order valence-electron chi connectivity index (χ1n) is 14.1. The van der Waals surface area contributed by atoms with Gasteiger partial charge >= 0.3 is 29.8 Å². The van der Waals surface area contributed by atoms with E-state index >= 15 is 0 Å². The van der Waals surface area contributed by atoms with Crippen LogP contribution in [0.25, 0.3) is 0 Å². The van der Waals surface area contributed by atoms with E-state index in [1.807, 2.05) is 13.8 Å². The molecule has 11 nitrogen and oxygen atoms in total. The van der Waals surface area contributed by atoms with Gasteiger partial charge in [-0.1, -0.05) is 32.0 Å². The van der Waals surface area contributed by atoms with Crippen LogP contribution in [0.4, 0.5) is 0 Å². The molecule has 2 bridgehead atoms. The fourth-order valence-electron chi connectivity index (χ4n) is 8.30. The van der Waals surface area contributed by atoms with Gasteiger partial charge in [0.1, 0.15) is 24.9 Å². The van der Waals surface area contributed by atoms with Crippen molar-refractivity contribution in [3.8, 4) is 0 Å². The number of esters is 5. The number of carbonyl (C=O) groups is 5. The number of benzene rings is 1.